The van der Waals surface area contributed by atoms with Gasteiger partial charge in [0.15, 0.2) is 5.65 Å². The molecule has 1 aliphatic rings. The predicted molar refractivity (Wildman–Crippen MR) is 74.7 cm³/mol. The molecule has 0 saturated carbocycles. The Morgan fingerprint density at radius 2 is 2.00 bits per heavy atom. The van der Waals surface area contributed by atoms with Crippen molar-refractivity contribution in [1.82, 2.24) is 14.3 Å². The second-order valence-electron chi connectivity index (χ2n) is 4.96. The van der Waals surface area contributed by atoms with Gasteiger partial charge in [0.25, 0.3) is 0 Å². The molecule has 96 valence electrons. The minimum atomic E-state index is 0.547. The molecule has 0 aromatic carbocycles. The molecule has 2 aromatic heterocycles. The number of imidazole rings is 1. The van der Waals surface area contributed by atoms with Crippen molar-refractivity contribution in [3.8, 4) is 0 Å². The lowest BCUT2D eigenvalue weighted by molar-refractivity contribution is 0.253. The van der Waals surface area contributed by atoms with E-state index in [1.165, 1.54) is 5.69 Å². The molecule has 0 aliphatic carbocycles. The minimum absolute atomic E-state index is 0.547. The normalized spacial score (nSPS) is 18.6. The van der Waals surface area contributed by atoms with E-state index in [2.05, 4.69) is 16.9 Å². The number of nitrogens with zero attached hydrogens (tertiary/aromatic N) is 3. The molecule has 1 saturated heterocycles. The van der Waals surface area contributed by atoms with Crippen LogP contribution in [-0.4, -0.2) is 34.4 Å². The number of pyridine rings is 1. The van der Waals surface area contributed by atoms with Crippen molar-refractivity contribution in [2.24, 2.45) is 0 Å². The zero-order valence-corrected chi connectivity index (χ0v) is 11.7. The maximum Gasteiger partial charge on any atom is 0.155 e. The Labute approximate surface area is 116 Å². The first-order valence-corrected chi connectivity index (χ1v) is 6.91. The first kappa shape index (κ1) is 12.3. The average molecular weight is 284 g/mol. The standard InChI is InChI=1S/C13H15Cl2N3/c1-17-4-2-9(3-5-17)12-7-16-13-11(15)6-10(14)8-18(12)13/h6-9H,2-5H2,1H3. The number of aromatic nitrogens is 2. The van der Waals surface area contributed by atoms with Crippen LogP contribution in [0, 0.1) is 0 Å². The molecule has 3 nitrogen and oxygen atoms in total. The largest absolute Gasteiger partial charge is 0.306 e. The molecule has 0 spiro atoms. The zero-order valence-electron chi connectivity index (χ0n) is 10.2. The molecule has 0 N–H and O–H groups in total. The minimum Gasteiger partial charge on any atom is -0.306 e. The van der Waals surface area contributed by atoms with Gasteiger partial charge in [0.2, 0.25) is 0 Å². The lowest BCUT2D eigenvalue weighted by atomic mass is 9.94. The maximum atomic E-state index is 6.16. The van der Waals surface area contributed by atoms with Gasteiger partial charge in [0, 0.05) is 24.0 Å². The van der Waals surface area contributed by atoms with Gasteiger partial charge in [-0.3, -0.25) is 0 Å². The molecule has 0 bridgehead atoms. The van der Waals surface area contributed by atoms with Crippen molar-refractivity contribution in [3.63, 3.8) is 0 Å². The van der Waals surface area contributed by atoms with Crippen LogP contribution >= 0.6 is 23.2 Å². The van der Waals surface area contributed by atoms with Crippen molar-refractivity contribution in [2.75, 3.05) is 20.1 Å². The SMILES string of the molecule is CN1CCC(c2cnc3c(Cl)cc(Cl)cn23)CC1. The van der Waals surface area contributed by atoms with Gasteiger partial charge in [-0.1, -0.05) is 23.2 Å². The van der Waals surface area contributed by atoms with Gasteiger partial charge in [-0.15, -0.1) is 0 Å². The number of halogens is 2. The van der Waals surface area contributed by atoms with Crippen molar-refractivity contribution in [2.45, 2.75) is 18.8 Å². The molecular formula is C13H15Cl2N3. The third-order valence-electron chi connectivity index (χ3n) is 3.69. The first-order valence-electron chi connectivity index (χ1n) is 6.15. The summed E-state index contributed by atoms with van der Waals surface area (Å²) < 4.78 is 2.04. The molecule has 0 amide bonds. The topological polar surface area (TPSA) is 20.5 Å². The van der Waals surface area contributed by atoms with Gasteiger partial charge >= 0.3 is 0 Å². The van der Waals surface area contributed by atoms with E-state index in [0.29, 0.717) is 16.0 Å². The highest BCUT2D eigenvalue weighted by molar-refractivity contribution is 6.36. The van der Waals surface area contributed by atoms with Crippen LogP contribution in [0.5, 0.6) is 0 Å². The summed E-state index contributed by atoms with van der Waals surface area (Å²) in [6.45, 7) is 2.26. The summed E-state index contributed by atoms with van der Waals surface area (Å²) in [5, 5.41) is 1.27. The predicted octanol–water partition coefficient (Wildman–Crippen LogP) is 3.45. The Morgan fingerprint density at radius 3 is 2.72 bits per heavy atom. The van der Waals surface area contributed by atoms with E-state index in [1.54, 1.807) is 6.07 Å². The molecule has 3 rings (SSSR count). The molecule has 1 aliphatic heterocycles. The number of rotatable bonds is 1. The highest BCUT2D eigenvalue weighted by Gasteiger charge is 2.22. The van der Waals surface area contributed by atoms with Crippen LogP contribution in [0.15, 0.2) is 18.5 Å². The fraction of sp³-hybridized carbons (Fsp3) is 0.462. The Kier molecular flexibility index (Phi) is 3.22. The van der Waals surface area contributed by atoms with Crippen molar-refractivity contribution in [3.05, 3.63) is 34.2 Å². The molecule has 0 radical (unpaired) electrons. The number of piperidine rings is 1. The molecular weight excluding hydrogens is 269 g/mol. The summed E-state index contributed by atoms with van der Waals surface area (Å²) in [6.07, 6.45) is 6.17. The van der Waals surface area contributed by atoms with Crippen LogP contribution in [0.25, 0.3) is 5.65 Å². The molecule has 2 aromatic rings. The maximum absolute atomic E-state index is 6.16. The van der Waals surface area contributed by atoms with E-state index in [-0.39, 0.29) is 0 Å². The third-order valence-corrected chi connectivity index (χ3v) is 4.18. The quantitative estimate of drug-likeness (QED) is 0.799. The second kappa shape index (κ2) is 4.72. The summed E-state index contributed by atoms with van der Waals surface area (Å²) in [7, 11) is 2.17. The fourth-order valence-corrected chi connectivity index (χ4v) is 3.16. The van der Waals surface area contributed by atoms with E-state index in [0.717, 1.165) is 31.6 Å². The molecule has 0 atom stereocenters. The van der Waals surface area contributed by atoms with Crippen LogP contribution < -0.4 is 0 Å². The Bertz CT molecular complexity index is 571. The van der Waals surface area contributed by atoms with Gasteiger partial charge in [-0.2, -0.15) is 0 Å². The van der Waals surface area contributed by atoms with Gasteiger partial charge in [0.05, 0.1) is 10.0 Å². The number of hydrogen-bond donors (Lipinski definition) is 0. The van der Waals surface area contributed by atoms with Gasteiger partial charge in [-0.25, -0.2) is 4.98 Å². The van der Waals surface area contributed by atoms with Crippen LogP contribution in [0.4, 0.5) is 0 Å². The van der Waals surface area contributed by atoms with Crippen LogP contribution in [0.2, 0.25) is 10.0 Å². The number of hydrogen-bond acceptors (Lipinski definition) is 2. The third kappa shape index (κ3) is 2.11. The summed E-state index contributed by atoms with van der Waals surface area (Å²) in [5.41, 5.74) is 2.03. The van der Waals surface area contributed by atoms with E-state index in [9.17, 15) is 0 Å². The Morgan fingerprint density at radius 1 is 1.28 bits per heavy atom. The van der Waals surface area contributed by atoms with Crippen LogP contribution in [-0.2, 0) is 0 Å². The van der Waals surface area contributed by atoms with E-state index in [4.69, 9.17) is 23.2 Å². The Balaban J connectivity index is 2.02. The molecule has 0 unspecified atom stereocenters. The van der Waals surface area contributed by atoms with E-state index >= 15 is 0 Å². The molecule has 18 heavy (non-hydrogen) atoms. The highest BCUT2D eigenvalue weighted by atomic mass is 35.5. The molecule has 3 heterocycles. The average Bonchev–Trinajstić information content (AvgIpc) is 2.74. The summed E-state index contributed by atoms with van der Waals surface area (Å²) in [4.78, 5) is 6.77. The van der Waals surface area contributed by atoms with Crippen molar-refractivity contribution >= 4 is 28.8 Å². The second-order valence-corrected chi connectivity index (χ2v) is 5.80. The highest BCUT2D eigenvalue weighted by Crippen LogP contribution is 2.30. The van der Waals surface area contributed by atoms with Crippen molar-refractivity contribution in [1.29, 1.82) is 0 Å². The van der Waals surface area contributed by atoms with Crippen molar-refractivity contribution < 1.29 is 0 Å². The zero-order chi connectivity index (χ0) is 12.7. The van der Waals surface area contributed by atoms with E-state index < -0.39 is 0 Å². The first-order chi connectivity index (χ1) is 8.65. The van der Waals surface area contributed by atoms with Crippen LogP contribution in [0.1, 0.15) is 24.5 Å². The van der Waals surface area contributed by atoms with Crippen LogP contribution in [0.3, 0.4) is 0 Å². The fourth-order valence-electron chi connectivity index (χ4n) is 2.64. The number of likely N-dealkylation sites (tertiary alicyclic amines) is 1. The summed E-state index contributed by atoms with van der Waals surface area (Å²) >= 11 is 12.2. The van der Waals surface area contributed by atoms with Gasteiger partial charge in [0.1, 0.15) is 0 Å². The van der Waals surface area contributed by atoms with E-state index in [1.807, 2.05) is 16.8 Å². The lowest BCUT2D eigenvalue weighted by Crippen LogP contribution is -2.29. The molecule has 1 fully saturated rings. The Hall–Kier alpha value is -0.770. The summed E-state index contributed by atoms with van der Waals surface area (Å²) in [5.74, 6) is 0.547. The summed E-state index contributed by atoms with van der Waals surface area (Å²) in [6, 6.07) is 1.74. The monoisotopic (exact) mass is 283 g/mol. The van der Waals surface area contributed by atoms with Gasteiger partial charge < -0.3 is 9.30 Å². The smallest absolute Gasteiger partial charge is 0.155 e. The number of fused-ring (bicyclic) bond motifs is 1. The molecule has 5 heteroatoms. The lowest BCUT2D eigenvalue weighted by Gasteiger charge is -2.28. The van der Waals surface area contributed by atoms with Gasteiger partial charge in [-0.05, 0) is 39.0 Å².